The molecule has 3 aromatic heterocycles. The summed E-state index contributed by atoms with van der Waals surface area (Å²) in [5.41, 5.74) is 3.78. The molecule has 1 N–H and O–H groups in total. The van der Waals surface area contributed by atoms with E-state index in [-0.39, 0.29) is 24.0 Å². The number of carbonyl (C=O) groups is 1. The van der Waals surface area contributed by atoms with E-state index in [0.717, 1.165) is 21.5 Å². The highest BCUT2D eigenvalue weighted by Gasteiger charge is 2.52. The first-order valence-electron chi connectivity index (χ1n) is 18.0. The van der Waals surface area contributed by atoms with E-state index in [9.17, 15) is 13.6 Å². The van der Waals surface area contributed by atoms with E-state index in [1.54, 1.807) is 34.9 Å². The third-order valence-corrected chi connectivity index (χ3v) is 14.6. The van der Waals surface area contributed by atoms with Gasteiger partial charge in [0, 0.05) is 23.5 Å². The number of fused-ring (bicyclic) bond motifs is 1. The van der Waals surface area contributed by atoms with Crippen LogP contribution in [0.1, 0.15) is 48.3 Å². The Kier molecular flexibility index (Phi) is 10.7. The van der Waals surface area contributed by atoms with Crippen molar-refractivity contribution in [2.75, 3.05) is 5.32 Å². The third kappa shape index (κ3) is 7.96. The van der Waals surface area contributed by atoms with Crippen LogP contribution in [-0.4, -0.2) is 46.3 Å². The number of carbonyl (C=O) groups excluding carboxylic acids is 1. The fourth-order valence-corrected chi connectivity index (χ4v) is 11.4. The normalized spacial score (nSPS) is 12.6. The van der Waals surface area contributed by atoms with Gasteiger partial charge in [0.1, 0.15) is 29.8 Å². The average molecular weight is 758 g/mol. The second-order valence-corrected chi connectivity index (χ2v) is 18.6. The Bertz CT molecular complexity index is 2340. The molecule has 1 amide bonds. The van der Waals surface area contributed by atoms with E-state index >= 15 is 0 Å². The number of ether oxygens (including phenoxy) is 1. The smallest absolute Gasteiger partial charge is 0.274 e. The van der Waals surface area contributed by atoms with Gasteiger partial charge >= 0.3 is 0 Å². The van der Waals surface area contributed by atoms with Crippen LogP contribution in [0.5, 0.6) is 5.75 Å². The molecular weight excluding hydrogens is 717 g/mol. The molecule has 0 spiro atoms. The number of nitrogens with one attached hydrogen (secondary N) is 1. The average Bonchev–Trinajstić information content (AvgIpc) is 3.84. The molecule has 0 saturated heterocycles. The van der Waals surface area contributed by atoms with Crippen molar-refractivity contribution in [1.29, 1.82) is 0 Å². The van der Waals surface area contributed by atoms with Crippen LogP contribution in [0.25, 0.3) is 17.0 Å². The molecule has 0 saturated carbocycles. The van der Waals surface area contributed by atoms with E-state index in [1.165, 1.54) is 6.20 Å². The van der Waals surface area contributed by atoms with Gasteiger partial charge in [0.2, 0.25) is 11.7 Å². The maximum atomic E-state index is 15.0. The molecule has 280 valence electrons. The summed E-state index contributed by atoms with van der Waals surface area (Å²) in [6.07, 6.45) is -1.40. The molecule has 0 aliphatic rings. The summed E-state index contributed by atoms with van der Waals surface area (Å²) >= 11 is 0. The van der Waals surface area contributed by atoms with E-state index < -0.39 is 25.9 Å². The van der Waals surface area contributed by atoms with Crippen LogP contribution < -0.4 is 20.4 Å². The number of alkyl halides is 2. The van der Waals surface area contributed by atoms with Crippen molar-refractivity contribution in [2.45, 2.75) is 58.3 Å². The van der Waals surface area contributed by atoms with Gasteiger partial charge in [0.15, 0.2) is 0 Å². The number of rotatable bonds is 13. The molecule has 0 aliphatic carbocycles. The number of amides is 1. The Balaban J connectivity index is 1.09. The minimum Gasteiger partial charge on any atom is -0.489 e. The Morgan fingerprint density at radius 2 is 1.55 bits per heavy atom. The standard InChI is InChI=1S/C43H41F2N5O4Si/c1-29-20-21-31(24-35(29)47-42(51)36-27-46-38-25-32(22-23-50(36)38)52-28-30-14-8-5-9-15-30)41-48-39(53-49-41)26-37(40(44)45)54-55(43(2,3)4,33-16-10-6-11-17-33)34-18-12-7-13-19-34/h5-25,27,37,40H,26,28H2,1-4H3,(H,47,51)/t37-/m0/s1. The van der Waals surface area contributed by atoms with E-state index in [4.69, 9.17) is 13.7 Å². The molecule has 7 rings (SSSR count). The van der Waals surface area contributed by atoms with Gasteiger partial charge in [-0.05, 0) is 45.6 Å². The van der Waals surface area contributed by atoms with Gasteiger partial charge in [-0.1, -0.05) is 129 Å². The first-order chi connectivity index (χ1) is 26.5. The van der Waals surface area contributed by atoms with Gasteiger partial charge in [0.05, 0.1) is 12.6 Å². The molecule has 4 aromatic carbocycles. The predicted molar refractivity (Wildman–Crippen MR) is 211 cm³/mol. The maximum absolute atomic E-state index is 15.0. The fourth-order valence-electron chi connectivity index (χ4n) is 6.77. The van der Waals surface area contributed by atoms with Gasteiger partial charge in [-0.2, -0.15) is 4.98 Å². The van der Waals surface area contributed by atoms with Crippen LogP contribution in [0, 0.1) is 6.92 Å². The molecule has 1 atom stereocenters. The molecular formula is C43H41F2N5O4Si. The minimum absolute atomic E-state index is 0.0160. The second-order valence-electron chi connectivity index (χ2n) is 14.4. The first-order valence-corrected chi connectivity index (χ1v) is 19.9. The molecule has 0 aliphatic heterocycles. The maximum Gasteiger partial charge on any atom is 0.274 e. The monoisotopic (exact) mass is 757 g/mol. The zero-order chi connectivity index (χ0) is 38.6. The van der Waals surface area contributed by atoms with Crippen LogP contribution in [0.15, 0.2) is 138 Å². The molecule has 0 unspecified atom stereocenters. The second kappa shape index (κ2) is 15.8. The third-order valence-electron chi connectivity index (χ3n) is 9.58. The number of nitrogens with zero attached hydrogens (tertiary/aromatic N) is 4. The highest BCUT2D eigenvalue weighted by molar-refractivity contribution is 6.99. The van der Waals surface area contributed by atoms with Crippen molar-refractivity contribution in [1.82, 2.24) is 19.5 Å². The summed E-state index contributed by atoms with van der Waals surface area (Å²) < 4.78 is 49.8. The summed E-state index contributed by atoms with van der Waals surface area (Å²) in [6.45, 7) is 8.38. The highest BCUT2D eigenvalue weighted by Crippen LogP contribution is 2.38. The van der Waals surface area contributed by atoms with Crippen LogP contribution >= 0.6 is 0 Å². The Morgan fingerprint density at radius 3 is 2.18 bits per heavy atom. The summed E-state index contributed by atoms with van der Waals surface area (Å²) in [5.74, 6) is 0.468. The van der Waals surface area contributed by atoms with Gasteiger partial charge in [-0.25, -0.2) is 13.8 Å². The van der Waals surface area contributed by atoms with Crippen molar-refractivity contribution >= 4 is 35.9 Å². The number of benzene rings is 4. The predicted octanol–water partition coefficient (Wildman–Crippen LogP) is 8.28. The van der Waals surface area contributed by atoms with Gasteiger partial charge in [0.25, 0.3) is 20.7 Å². The van der Waals surface area contributed by atoms with E-state index in [2.05, 4.69) is 20.4 Å². The Hall–Kier alpha value is -5.98. The van der Waals surface area contributed by atoms with Crippen LogP contribution in [0.3, 0.4) is 0 Å². The summed E-state index contributed by atoms with van der Waals surface area (Å²) in [5, 5.41) is 8.37. The van der Waals surface area contributed by atoms with Crippen molar-refractivity contribution in [3.8, 4) is 17.1 Å². The lowest BCUT2D eigenvalue weighted by Gasteiger charge is -2.44. The largest absolute Gasteiger partial charge is 0.489 e. The zero-order valence-electron chi connectivity index (χ0n) is 30.9. The fraction of sp³-hybridized carbons (Fsp3) is 0.209. The number of aromatic nitrogens is 4. The topological polar surface area (TPSA) is 104 Å². The number of aryl methyl sites for hydroxylation is 1. The number of hydrogen-bond donors (Lipinski definition) is 1. The molecule has 0 bridgehead atoms. The molecule has 3 heterocycles. The number of imidazole rings is 1. The zero-order valence-corrected chi connectivity index (χ0v) is 31.9. The highest BCUT2D eigenvalue weighted by atomic mass is 28.4. The SMILES string of the molecule is Cc1ccc(-c2noc(C[C@H](O[Si](c3ccccc3)(c3ccccc3)C(C)(C)C)C(F)F)n2)cc1NC(=O)c1cnc2cc(OCc3ccccc3)ccn12. The minimum atomic E-state index is -3.30. The quantitative estimate of drug-likeness (QED) is 0.118. The lowest BCUT2D eigenvalue weighted by atomic mass is 10.1. The Morgan fingerprint density at radius 1 is 0.891 bits per heavy atom. The molecule has 9 nitrogen and oxygen atoms in total. The van der Waals surface area contributed by atoms with E-state index in [1.807, 2.05) is 125 Å². The Labute approximate surface area is 319 Å². The van der Waals surface area contributed by atoms with E-state index in [0.29, 0.717) is 34.9 Å². The van der Waals surface area contributed by atoms with Gasteiger partial charge in [-0.3, -0.25) is 9.20 Å². The van der Waals surface area contributed by atoms with Crippen molar-refractivity contribution in [3.05, 3.63) is 156 Å². The first kappa shape index (κ1) is 37.3. The van der Waals surface area contributed by atoms with Crippen molar-refractivity contribution < 1.29 is 27.3 Å². The van der Waals surface area contributed by atoms with Crippen LogP contribution in [-0.2, 0) is 17.5 Å². The lowest BCUT2D eigenvalue weighted by Crippen LogP contribution is -2.68. The summed E-state index contributed by atoms with van der Waals surface area (Å²) in [7, 11) is -3.30. The van der Waals surface area contributed by atoms with Crippen molar-refractivity contribution in [2.24, 2.45) is 0 Å². The summed E-state index contributed by atoms with van der Waals surface area (Å²) in [4.78, 5) is 22.5. The molecule has 0 radical (unpaired) electrons. The molecule has 7 aromatic rings. The lowest BCUT2D eigenvalue weighted by molar-refractivity contribution is 0.00243. The number of halogens is 2. The number of pyridine rings is 1. The van der Waals surface area contributed by atoms with Gasteiger partial charge < -0.3 is 19.0 Å². The number of anilines is 1. The van der Waals surface area contributed by atoms with Gasteiger partial charge in [-0.15, -0.1) is 0 Å². The number of hydrogen-bond acceptors (Lipinski definition) is 7. The molecule has 12 heteroatoms. The van der Waals surface area contributed by atoms with Crippen LogP contribution in [0.4, 0.5) is 14.5 Å². The molecule has 55 heavy (non-hydrogen) atoms. The summed E-state index contributed by atoms with van der Waals surface area (Å²) in [6, 6.07) is 38.0. The van der Waals surface area contributed by atoms with Crippen LogP contribution in [0.2, 0.25) is 5.04 Å². The molecule has 0 fully saturated rings. The van der Waals surface area contributed by atoms with Crippen molar-refractivity contribution in [3.63, 3.8) is 0 Å².